The third kappa shape index (κ3) is 5.87. The molecule has 0 aliphatic carbocycles. The zero-order valence-electron chi connectivity index (χ0n) is 10.8. The lowest BCUT2D eigenvalue weighted by Gasteiger charge is -2.07. The molecule has 0 aliphatic heterocycles. The van der Waals surface area contributed by atoms with Gasteiger partial charge in [0.25, 0.3) is 5.91 Å². The summed E-state index contributed by atoms with van der Waals surface area (Å²) in [6.07, 6.45) is 0.303. The summed E-state index contributed by atoms with van der Waals surface area (Å²) in [6, 6.07) is 6.07. The number of nitrogens with one attached hydrogen (secondary N) is 2. The summed E-state index contributed by atoms with van der Waals surface area (Å²) in [7, 11) is 1.53. The molecule has 0 atom stereocenters. The Kier molecular flexibility index (Phi) is 6.38. The molecule has 6 heteroatoms. The van der Waals surface area contributed by atoms with Crippen molar-refractivity contribution in [3.8, 4) is 5.75 Å². The van der Waals surface area contributed by atoms with Crippen LogP contribution in [-0.4, -0.2) is 43.7 Å². The lowest BCUT2D eigenvalue weighted by Crippen LogP contribution is -2.34. The van der Waals surface area contributed by atoms with Crippen LogP contribution in [0.15, 0.2) is 24.3 Å². The Bertz CT molecular complexity index is 434. The van der Waals surface area contributed by atoms with Gasteiger partial charge in [-0.05, 0) is 18.2 Å². The summed E-state index contributed by atoms with van der Waals surface area (Å²) in [4.78, 5) is 22.9. The summed E-state index contributed by atoms with van der Waals surface area (Å²) in [5.74, 6) is -0.365. The quantitative estimate of drug-likeness (QED) is 0.618. The Balaban J connectivity index is 2.22. The first-order valence-corrected chi connectivity index (χ1v) is 5.96. The Labute approximate surface area is 111 Å². The molecule has 104 valence electrons. The Morgan fingerprint density at radius 1 is 1.26 bits per heavy atom. The van der Waals surface area contributed by atoms with Gasteiger partial charge < -0.3 is 20.5 Å². The summed E-state index contributed by atoms with van der Waals surface area (Å²) >= 11 is 0. The first-order valence-electron chi connectivity index (χ1n) is 5.96. The Hall–Kier alpha value is -2.08. The molecule has 6 nitrogen and oxygen atoms in total. The first kappa shape index (κ1) is 15.0. The molecule has 0 heterocycles. The number of carbonyl (C=O) groups is 2. The van der Waals surface area contributed by atoms with Crippen LogP contribution in [0, 0.1) is 0 Å². The van der Waals surface area contributed by atoms with E-state index in [0.717, 1.165) is 0 Å². The van der Waals surface area contributed by atoms with Crippen molar-refractivity contribution >= 4 is 11.8 Å². The number of phenolic OH excluding ortho intramolecular Hbond substituents is 1. The predicted octanol–water partition coefficient (Wildman–Crippen LogP) is 0.275. The molecule has 1 aromatic rings. The standard InChI is InChI=1S/C13H18N2O4/c1-19-8-5-12(17)14-6-7-15-13(18)10-3-2-4-11(16)9-10/h2-4,9,16H,5-8H2,1H3,(H,14,17)(H,15,18). The second-order valence-electron chi connectivity index (χ2n) is 3.90. The van der Waals surface area contributed by atoms with Gasteiger partial charge >= 0.3 is 0 Å². The van der Waals surface area contributed by atoms with E-state index >= 15 is 0 Å². The van der Waals surface area contributed by atoms with Crippen LogP contribution in [-0.2, 0) is 9.53 Å². The molecule has 0 fully saturated rings. The number of benzene rings is 1. The number of ether oxygens (including phenoxy) is 1. The molecule has 2 amide bonds. The minimum absolute atomic E-state index is 0.0421. The molecule has 0 aliphatic rings. The van der Waals surface area contributed by atoms with Gasteiger partial charge in [0.15, 0.2) is 0 Å². The van der Waals surface area contributed by atoms with E-state index in [9.17, 15) is 14.7 Å². The minimum atomic E-state index is -0.290. The number of hydrogen-bond acceptors (Lipinski definition) is 4. The molecule has 0 radical (unpaired) electrons. The van der Waals surface area contributed by atoms with Gasteiger partial charge in [0.2, 0.25) is 5.91 Å². The van der Waals surface area contributed by atoms with Crippen LogP contribution in [0.4, 0.5) is 0 Å². The molecule has 3 N–H and O–H groups in total. The van der Waals surface area contributed by atoms with E-state index in [1.54, 1.807) is 12.1 Å². The highest BCUT2D eigenvalue weighted by atomic mass is 16.5. The van der Waals surface area contributed by atoms with Crippen LogP contribution in [0.2, 0.25) is 0 Å². The number of phenols is 1. The van der Waals surface area contributed by atoms with Crippen LogP contribution in [0.1, 0.15) is 16.8 Å². The van der Waals surface area contributed by atoms with E-state index in [4.69, 9.17) is 4.74 Å². The van der Waals surface area contributed by atoms with Gasteiger partial charge in [-0.15, -0.1) is 0 Å². The van der Waals surface area contributed by atoms with Crippen molar-refractivity contribution in [3.05, 3.63) is 29.8 Å². The molecule has 0 spiro atoms. The lowest BCUT2D eigenvalue weighted by atomic mass is 10.2. The normalized spacial score (nSPS) is 9.95. The van der Waals surface area contributed by atoms with Gasteiger partial charge in [-0.3, -0.25) is 9.59 Å². The first-order chi connectivity index (χ1) is 9.13. The maximum Gasteiger partial charge on any atom is 0.251 e. The summed E-state index contributed by atoms with van der Waals surface area (Å²) < 4.78 is 4.77. The van der Waals surface area contributed by atoms with Gasteiger partial charge in [0.1, 0.15) is 5.75 Å². The van der Waals surface area contributed by atoms with Gasteiger partial charge in [-0.1, -0.05) is 6.07 Å². The highest BCUT2D eigenvalue weighted by Gasteiger charge is 2.05. The van der Waals surface area contributed by atoms with Crippen molar-refractivity contribution in [2.45, 2.75) is 6.42 Å². The monoisotopic (exact) mass is 266 g/mol. The number of rotatable bonds is 7. The smallest absolute Gasteiger partial charge is 0.251 e. The maximum absolute atomic E-state index is 11.7. The van der Waals surface area contributed by atoms with Gasteiger partial charge in [0.05, 0.1) is 6.61 Å². The fraction of sp³-hybridized carbons (Fsp3) is 0.385. The second-order valence-corrected chi connectivity index (χ2v) is 3.90. The number of hydrogen-bond donors (Lipinski definition) is 3. The molecular formula is C13H18N2O4. The van der Waals surface area contributed by atoms with Crippen LogP contribution in [0.3, 0.4) is 0 Å². The molecule has 0 saturated heterocycles. The van der Waals surface area contributed by atoms with Gasteiger partial charge in [-0.25, -0.2) is 0 Å². The summed E-state index contributed by atoms with van der Waals surface area (Å²) in [5, 5.41) is 14.5. The zero-order valence-corrected chi connectivity index (χ0v) is 10.8. The highest BCUT2D eigenvalue weighted by Crippen LogP contribution is 2.10. The van der Waals surface area contributed by atoms with Crippen molar-refractivity contribution in [2.75, 3.05) is 26.8 Å². The average molecular weight is 266 g/mol. The molecule has 0 saturated carbocycles. The van der Waals surface area contributed by atoms with Gasteiger partial charge in [0, 0.05) is 32.2 Å². The molecule has 1 aromatic carbocycles. The fourth-order valence-electron chi connectivity index (χ4n) is 1.41. The molecule has 0 bridgehead atoms. The molecule has 0 unspecified atom stereocenters. The SMILES string of the molecule is COCCC(=O)NCCNC(=O)c1cccc(O)c1. The number of carbonyl (C=O) groups excluding carboxylic acids is 2. The highest BCUT2D eigenvalue weighted by molar-refractivity contribution is 5.94. The Morgan fingerprint density at radius 2 is 2.00 bits per heavy atom. The fourth-order valence-corrected chi connectivity index (χ4v) is 1.41. The molecular weight excluding hydrogens is 248 g/mol. The largest absolute Gasteiger partial charge is 0.508 e. The van der Waals surface area contributed by atoms with E-state index < -0.39 is 0 Å². The van der Waals surface area contributed by atoms with Crippen molar-refractivity contribution < 1.29 is 19.4 Å². The predicted molar refractivity (Wildman–Crippen MR) is 69.9 cm³/mol. The van der Waals surface area contributed by atoms with Crippen molar-refractivity contribution in [3.63, 3.8) is 0 Å². The van der Waals surface area contributed by atoms with Crippen LogP contribution in [0.25, 0.3) is 0 Å². The van der Waals surface area contributed by atoms with E-state index in [2.05, 4.69) is 10.6 Å². The summed E-state index contributed by atoms with van der Waals surface area (Å²) in [5.41, 5.74) is 0.380. The second kappa shape index (κ2) is 8.10. The van der Waals surface area contributed by atoms with Crippen molar-refractivity contribution in [1.29, 1.82) is 0 Å². The van der Waals surface area contributed by atoms with Crippen LogP contribution >= 0.6 is 0 Å². The third-order valence-electron chi connectivity index (χ3n) is 2.37. The zero-order chi connectivity index (χ0) is 14.1. The van der Waals surface area contributed by atoms with Gasteiger partial charge in [-0.2, -0.15) is 0 Å². The van der Waals surface area contributed by atoms with E-state index in [1.165, 1.54) is 19.2 Å². The maximum atomic E-state index is 11.7. The van der Waals surface area contributed by atoms with E-state index in [0.29, 0.717) is 31.7 Å². The molecule has 0 aromatic heterocycles. The number of aromatic hydroxyl groups is 1. The van der Waals surface area contributed by atoms with Crippen molar-refractivity contribution in [1.82, 2.24) is 10.6 Å². The number of methoxy groups -OCH3 is 1. The molecule has 19 heavy (non-hydrogen) atoms. The van der Waals surface area contributed by atoms with E-state index in [1.807, 2.05) is 0 Å². The lowest BCUT2D eigenvalue weighted by molar-refractivity contribution is -0.121. The topological polar surface area (TPSA) is 87.7 Å². The molecule has 1 rings (SSSR count). The van der Waals surface area contributed by atoms with Crippen molar-refractivity contribution in [2.24, 2.45) is 0 Å². The minimum Gasteiger partial charge on any atom is -0.508 e. The third-order valence-corrected chi connectivity index (χ3v) is 2.37. The average Bonchev–Trinajstić information content (AvgIpc) is 2.41. The van der Waals surface area contributed by atoms with Crippen LogP contribution < -0.4 is 10.6 Å². The number of amides is 2. The van der Waals surface area contributed by atoms with E-state index in [-0.39, 0.29) is 17.6 Å². The van der Waals surface area contributed by atoms with Crippen LogP contribution in [0.5, 0.6) is 5.75 Å². The summed E-state index contributed by atoms with van der Waals surface area (Å²) in [6.45, 7) is 1.06. The Morgan fingerprint density at radius 3 is 2.68 bits per heavy atom.